The fourth-order valence-corrected chi connectivity index (χ4v) is 2.63. The Hall–Kier alpha value is -2.97. The van der Waals surface area contributed by atoms with Crippen LogP contribution in [-0.2, 0) is 32.0 Å². The van der Waals surface area contributed by atoms with E-state index in [-0.39, 0.29) is 24.7 Å². The lowest BCUT2D eigenvalue weighted by Gasteiger charge is -2.17. The molecule has 0 saturated heterocycles. The molecule has 0 atom stereocenters. The monoisotopic (exact) mass is 417 g/mol. The van der Waals surface area contributed by atoms with E-state index < -0.39 is 11.2 Å². The van der Waals surface area contributed by atoms with Gasteiger partial charge < -0.3 is 18.9 Å². The number of carbonyl (C=O) groups is 1. The molecule has 0 aliphatic rings. The predicted octanol–water partition coefficient (Wildman–Crippen LogP) is 4.05. The Balaban J connectivity index is 1.72. The third kappa shape index (κ3) is 8.18. The minimum atomic E-state index is -0.470. The van der Waals surface area contributed by atoms with Crippen LogP contribution in [0.25, 0.3) is 0 Å². The van der Waals surface area contributed by atoms with Crippen LogP contribution in [0.3, 0.4) is 0 Å². The molecule has 8 nitrogen and oxygen atoms in total. The fraction of sp³-hybridized carbons (Fsp3) is 0.409. The van der Waals surface area contributed by atoms with E-state index in [1.165, 1.54) is 12.1 Å². The number of non-ortho nitro benzene ring substituents is 1. The molecule has 0 radical (unpaired) electrons. The van der Waals surface area contributed by atoms with Crippen molar-refractivity contribution in [3.63, 3.8) is 0 Å². The van der Waals surface area contributed by atoms with Gasteiger partial charge in [-0.3, -0.25) is 14.9 Å². The van der Waals surface area contributed by atoms with Gasteiger partial charge in [0.05, 0.1) is 4.92 Å². The van der Waals surface area contributed by atoms with Gasteiger partial charge in [0, 0.05) is 31.8 Å². The molecule has 0 aliphatic heterocycles. The van der Waals surface area contributed by atoms with E-state index in [0.29, 0.717) is 37.6 Å². The number of nitro benzene ring substituents is 1. The molecule has 0 aliphatic carbocycles. The summed E-state index contributed by atoms with van der Waals surface area (Å²) in [7, 11) is 0. The molecule has 0 fully saturated rings. The van der Waals surface area contributed by atoms with Crippen LogP contribution in [0.15, 0.2) is 48.5 Å². The first kappa shape index (κ1) is 23.3. The highest BCUT2D eigenvalue weighted by Gasteiger charge is 2.10. The summed E-state index contributed by atoms with van der Waals surface area (Å²) in [6.45, 7) is 5.29. The number of nitrogens with zero attached hydrogens (tertiary/aromatic N) is 1. The highest BCUT2D eigenvalue weighted by atomic mass is 16.7. The van der Waals surface area contributed by atoms with E-state index in [2.05, 4.69) is 0 Å². The Morgan fingerprint density at radius 2 is 1.57 bits per heavy atom. The van der Waals surface area contributed by atoms with Crippen molar-refractivity contribution in [2.45, 2.75) is 39.6 Å². The van der Waals surface area contributed by atoms with Crippen molar-refractivity contribution in [2.75, 3.05) is 19.8 Å². The number of hydrogen-bond acceptors (Lipinski definition) is 7. The van der Waals surface area contributed by atoms with E-state index in [9.17, 15) is 14.9 Å². The number of aryl methyl sites for hydroxylation is 1. The molecule has 0 unspecified atom stereocenters. The highest BCUT2D eigenvalue weighted by molar-refractivity contribution is 5.69. The van der Waals surface area contributed by atoms with Crippen molar-refractivity contribution in [3.8, 4) is 5.75 Å². The van der Waals surface area contributed by atoms with Crippen LogP contribution in [0.4, 0.5) is 5.69 Å². The summed E-state index contributed by atoms with van der Waals surface area (Å²) in [5.74, 6) is 0.369. The molecule has 0 amide bonds. The topological polar surface area (TPSA) is 97.1 Å². The van der Waals surface area contributed by atoms with Crippen LogP contribution < -0.4 is 4.74 Å². The van der Waals surface area contributed by atoms with Gasteiger partial charge in [-0.2, -0.15) is 0 Å². The summed E-state index contributed by atoms with van der Waals surface area (Å²) in [5.41, 5.74) is 1.69. The first-order chi connectivity index (χ1) is 14.5. The smallest absolute Gasteiger partial charge is 0.306 e. The van der Waals surface area contributed by atoms with E-state index in [1.54, 1.807) is 12.1 Å². The number of esters is 1. The third-order valence-electron chi connectivity index (χ3n) is 4.18. The van der Waals surface area contributed by atoms with E-state index >= 15 is 0 Å². The van der Waals surface area contributed by atoms with Crippen molar-refractivity contribution in [1.82, 2.24) is 0 Å². The molecule has 30 heavy (non-hydrogen) atoms. The van der Waals surface area contributed by atoms with E-state index in [0.717, 1.165) is 5.56 Å². The first-order valence-corrected chi connectivity index (χ1v) is 9.85. The second-order valence-electron chi connectivity index (χ2n) is 6.38. The molecule has 0 bridgehead atoms. The summed E-state index contributed by atoms with van der Waals surface area (Å²) in [4.78, 5) is 22.1. The van der Waals surface area contributed by atoms with E-state index in [4.69, 9.17) is 18.9 Å². The van der Waals surface area contributed by atoms with Crippen LogP contribution >= 0.6 is 0 Å². The van der Waals surface area contributed by atoms with Crippen LogP contribution in [0.5, 0.6) is 5.75 Å². The molecule has 0 saturated carbocycles. The normalized spacial score (nSPS) is 10.8. The molecule has 0 heterocycles. The maximum Gasteiger partial charge on any atom is 0.306 e. The van der Waals surface area contributed by atoms with Crippen LogP contribution in [0.1, 0.15) is 31.4 Å². The van der Waals surface area contributed by atoms with Gasteiger partial charge >= 0.3 is 5.97 Å². The average molecular weight is 417 g/mol. The molecular weight excluding hydrogens is 390 g/mol. The molecule has 0 spiro atoms. The molecule has 2 rings (SSSR count). The Bertz CT molecular complexity index is 784. The quantitative estimate of drug-likeness (QED) is 0.210. The largest absolute Gasteiger partial charge is 0.488 e. The summed E-state index contributed by atoms with van der Waals surface area (Å²) >= 11 is 0. The van der Waals surface area contributed by atoms with Gasteiger partial charge in [0.1, 0.15) is 19.0 Å². The number of rotatable bonds is 13. The zero-order valence-corrected chi connectivity index (χ0v) is 17.2. The number of benzene rings is 2. The Morgan fingerprint density at radius 1 is 0.967 bits per heavy atom. The number of nitro groups is 1. The highest BCUT2D eigenvalue weighted by Crippen LogP contribution is 2.15. The zero-order valence-electron chi connectivity index (χ0n) is 17.2. The molecule has 0 aromatic heterocycles. The predicted molar refractivity (Wildman–Crippen MR) is 110 cm³/mol. The summed E-state index contributed by atoms with van der Waals surface area (Å²) < 4.78 is 21.8. The zero-order chi connectivity index (χ0) is 21.8. The summed E-state index contributed by atoms with van der Waals surface area (Å²) in [6.07, 6.45) is 0.384. The lowest BCUT2D eigenvalue weighted by molar-refractivity contribution is -0.384. The summed E-state index contributed by atoms with van der Waals surface area (Å²) in [5, 5.41) is 10.6. The second-order valence-corrected chi connectivity index (χ2v) is 6.38. The van der Waals surface area contributed by atoms with Gasteiger partial charge in [-0.15, -0.1) is 0 Å². The van der Waals surface area contributed by atoms with Crippen molar-refractivity contribution >= 4 is 11.7 Å². The van der Waals surface area contributed by atoms with Gasteiger partial charge in [-0.05, 0) is 55.7 Å². The maximum atomic E-state index is 11.9. The van der Waals surface area contributed by atoms with Gasteiger partial charge in [0.15, 0.2) is 6.29 Å². The third-order valence-corrected chi connectivity index (χ3v) is 4.18. The first-order valence-electron chi connectivity index (χ1n) is 9.85. The Kier molecular flexibility index (Phi) is 9.76. The number of carbonyl (C=O) groups excluding carboxylic acids is 1. The molecule has 8 heteroatoms. The fourth-order valence-electron chi connectivity index (χ4n) is 2.63. The van der Waals surface area contributed by atoms with Crippen molar-refractivity contribution in [2.24, 2.45) is 0 Å². The average Bonchev–Trinajstić information content (AvgIpc) is 2.76. The molecular formula is C22H27NO7. The number of hydrogen-bond donors (Lipinski definition) is 0. The standard InChI is InChI=1S/C22H27NO7/c1-3-27-22(28-4-2)16-29-20-12-7-17(8-13-20)9-14-21(24)30-15-18-5-10-19(11-6-18)23(25)26/h5-8,10-13,22H,3-4,9,14-16H2,1-2H3. The maximum absolute atomic E-state index is 11.9. The molecule has 0 N–H and O–H groups in total. The summed E-state index contributed by atoms with van der Waals surface area (Å²) in [6, 6.07) is 13.4. The van der Waals surface area contributed by atoms with Gasteiger partial charge in [-0.25, -0.2) is 0 Å². The molecule has 162 valence electrons. The van der Waals surface area contributed by atoms with Crippen LogP contribution in [0.2, 0.25) is 0 Å². The van der Waals surface area contributed by atoms with Gasteiger partial charge in [-0.1, -0.05) is 12.1 Å². The van der Waals surface area contributed by atoms with Gasteiger partial charge in [0.2, 0.25) is 0 Å². The molecule has 2 aromatic carbocycles. The van der Waals surface area contributed by atoms with Gasteiger partial charge in [0.25, 0.3) is 5.69 Å². The number of ether oxygens (including phenoxy) is 4. The van der Waals surface area contributed by atoms with Crippen LogP contribution in [-0.4, -0.2) is 37.0 Å². The minimum Gasteiger partial charge on any atom is -0.488 e. The SMILES string of the molecule is CCOC(COc1ccc(CCC(=O)OCc2ccc([N+](=O)[O-])cc2)cc1)OCC. The second kappa shape index (κ2) is 12.6. The van der Waals surface area contributed by atoms with Crippen LogP contribution in [0, 0.1) is 10.1 Å². The van der Waals surface area contributed by atoms with Crippen molar-refractivity contribution in [1.29, 1.82) is 0 Å². The lowest BCUT2D eigenvalue weighted by atomic mass is 10.1. The van der Waals surface area contributed by atoms with Crippen molar-refractivity contribution in [3.05, 3.63) is 69.8 Å². The Labute approximate surface area is 175 Å². The minimum absolute atomic E-state index is 0.00352. The van der Waals surface area contributed by atoms with Crippen molar-refractivity contribution < 1.29 is 28.7 Å². The lowest BCUT2D eigenvalue weighted by Crippen LogP contribution is -2.25. The molecule has 2 aromatic rings. The Morgan fingerprint density at radius 3 is 2.13 bits per heavy atom. The van der Waals surface area contributed by atoms with E-state index in [1.807, 2.05) is 38.1 Å².